The molecule has 1 aromatic carbocycles. The van der Waals surface area contributed by atoms with Gasteiger partial charge in [0.15, 0.2) is 11.4 Å². The minimum atomic E-state index is -0.455. The quantitative estimate of drug-likeness (QED) is 0.607. The molecule has 17 heavy (non-hydrogen) atoms. The molecule has 3 rings (SSSR count). The van der Waals surface area contributed by atoms with Gasteiger partial charge in [0.1, 0.15) is 0 Å². The molecule has 0 amide bonds. The molecule has 1 heterocycles. The van der Waals surface area contributed by atoms with Crippen LogP contribution < -0.4 is 0 Å². The molecule has 88 valence electrons. The topological polar surface area (TPSA) is 29.6 Å². The second-order valence-corrected chi connectivity index (χ2v) is 5.07. The summed E-state index contributed by atoms with van der Waals surface area (Å²) in [6.07, 6.45) is 6.65. The van der Waals surface area contributed by atoms with Gasteiger partial charge >= 0.3 is 0 Å². The number of fused-ring (bicyclic) bond motifs is 1. The molecule has 2 atom stereocenters. The van der Waals surface area contributed by atoms with Gasteiger partial charge in [0.25, 0.3) is 0 Å². The maximum atomic E-state index is 12.0. The lowest BCUT2D eigenvalue weighted by atomic mass is 10.0. The number of halogens is 1. The van der Waals surface area contributed by atoms with Crippen molar-refractivity contribution >= 4 is 23.5 Å². The van der Waals surface area contributed by atoms with Gasteiger partial charge < -0.3 is 4.74 Å². The molecule has 1 aromatic rings. The molecule has 1 aliphatic carbocycles. The van der Waals surface area contributed by atoms with Crippen LogP contribution >= 0.6 is 11.6 Å². The lowest BCUT2D eigenvalue weighted by molar-refractivity contribution is -0.119. The van der Waals surface area contributed by atoms with E-state index in [1.807, 2.05) is 30.3 Å². The summed E-state index contributed by atoms with van der Waals surface area (Å²) in [7, 11) is 0. The summed E-state index contributed by atoms with van der Waals surface area (Å²) in [5.74, 6) is 0.106. The summed E-state index contributed by atoms with van der Waals surface area (Å²) in [6.45, 7) is 0. The standard InChI is InChI=1S/C14H13ClO2/c15-11-6-3-10(4-7-11)5-8-12(16)14-9-1-2-13(14)17-14/h3-8,13H,1-2,9H2/b8-5+/t13-,14-/m0/s1. The van der Waals surface area contributed by atoms with E-state index in [2.05, 4.69) is 0 Å². The first-order valence-corrected chi connectivity index (χ1v) is 6.24. The number of ketones is 1. The normalized spacial score (nSPS) is 30.5. The van der Waals surface area contributed by atoms with E-state index in [-0.39, 0.29) is 11.9 Å². The van der Waals surface area contributed by atoms with Gasteiger partial charge in [-0.25, -0.2) is 0 Å². The minimum Gasteiger partial charge on any atom is -0.357 e. The highest BCUT2D eigenvalue weighted by Crippen LogP contribution is 2.50. The van der Waals surface area contributed by atoms with Crippen LogP contribution in [0.5, 0.6) is 0 Å². The largest absolute Gasteiger partial charge is 0.357 e. The van der Waals surface area contributed by atoms with E-state index in [0.29, 0.717) is 5.02 Å². The number of hydrogen-bond acceptors (Lipinski definition) is 2. The van der Waals surface area contributed by atoms with Crippen molar-refractivity contribution in [3.63, 3.8) is 0 Å². The molecule has 0 N–H and O–H groups in total. The Morgan fingerprint density at radius 2 is 2.18 bits per heavy atom. The summed E-state index contributed by atoms with van der Waals surface area (Å²) in [5, 5.41) is 0.702. The lowest BCUT2D eigenvalue weighted by Gasteiger charge is -2.02. The number of rotatable bonds is 3. The summed E-state index contributed by atoms with van der Waals surface area (Å²) >= 11 is 5.80. The Kier molecular flexibility index (Phi) is 2.57. The molecule has 0 radical (unpaired) electrons. The molecule has 2 aliphatic rings. The van der Waals surface area contributed by atoms with Crippen molar-refractivity contribution in [1.82, 2.24) is 0 Å². The maximum Gasteiger partial charge on any atom is 0.190 e. The van der Waals surface area contributed by atoms with Gasteiger partial charge in [-0.2, -0.15) is 0 Å². The number of epoxide rings is 1. The van der Waals surface area contributed by atoms with Gasteiger partial charge in [0.05, 0.1) is 6.10 Å². The minimum absolute atomic E-state index is 0.106. The fourth-order valence-electron chi connectivity index (χ4n) is 2.51. The number of benzene rings is 1. The van der Waals surface area contributed by atoms with Crippen LogP contribution in [0.25, 0.3) is 6.08 Å². The van der Waals surface area contributed by atoms with Crippen LogP contribution in [-0.2, 0) is 9.53 Å². The molecule has 1 saturated carbocycles. The zero-order chi connectivity index (χ0) is 11.9. The highest BCUT2D eigenvalue weighted by atomic mass is 35.5. The third kappa shape index (κ3) is 1.92. The first-order chi connectivity index (χ1) is 8.21. The molecule has 0 spiro atoms. The first-order valence-electron chi connectivity index (χ1n) is 5.87. The van der Waals surface area contributed by atoms with E-state index in [0.717, 1.165) is 24.8 Å². The van der Waals surface area contributed by atoms with Crippen molar-refractivity contribution in [2.24, 2.45) is 0 Å². The van der Waals surface area contributed by atoms with E-state index in [1.165, 1.54) is 0 Å². The average Bonchev–Trinajstić information content (AvgIpc) is 2.91. The Labute approximate surface area is 105 Å². The van der Waals surface area contributed by atoms with Crippen molar-refractivity contribution < 1.29 is 9.53 Å². The van der Waals surface area contributed by atoms with Crippen LogP contribution in [-0.4, -0.2) is 17.5 Å². The van der Waals surface area contributed by atoms with Crippen LogP contribution in [0.4, 0.5) is 0 Å². The number of carbonyl (C=O) groups excluding carboxylic acids is 1. The molecule has 0 aromatic heterocycles. The SMILES string of the molecule is O=C(/C=C/c1ccc(Cl)cc1)[C@@]12CCC[C@@H]1O2. The van der Waals surface area contributed by atoms with Crippen LogP contribution in [0.2, 0.25) is 5.02 Å². The van der Waals surface area contributed by atoms with Crippen LogP contribution in [0.3, 0.4) is 0 Å². The predicted molar refractivity (Wildman–Crippen MR) is 66.9 cm³/mol. The van der Waals surface area contributed by atoms with Crippen LogP contribution in [0.15, 0.2) is 30.3 Å². The van der Waals surface area contributed by atoms with E-state index in [1.54, 1.807) is 6.08 Å². The number of hydrogen-bond donors (Lipinski definition) is 0. The molecule has 1 saturated heterocycles. The summed E-state index contributed by atoms with van der Waals surface area (Å²) in [6, 6.07) is 7.42. The van der Waals surface area contributed by atoms with Crippen molar-refractivity contribution in [3.05, 3.63) is 40.9 Å². The second kappa shape index (κ2) is 3.97. The highest BCUT2D eigenvalue weighted by Gasteiger charge is 2.63. The van der Waals surface area contributed by atoms with Crippen molar-refractivity contribution in [3.8, 4) is 0 Å². The zero-order valence-electron chi connectivity index (χ0n) is 9.36. The fraction of sp³-hybridized carbons (Fsp3) is 0.357. The molecular weight excluding hydrogens is 236 g/mol. The predicted octanol–water partition coefficient (Wildman–Crippen LogP) is 3.24. The zero-order valence-corrected chi connectivity index (χ0v) is 10.1. The second-order valence-electron chi connectivity index (χ2n) is 4.64. The van der Waals surface area contributed by atoms with Crippen molar-refractivity contribution in [1.29, 1.82) is 0 Å². The van der Waals surface area contributed by atoms with Gasteiger partial charge in [0.2, 0.25) is 0 Å². The first kappa shape index (κ1) is 11.0. The Hall–Kier alpha value is -1.12. The third-order valence-electron chi connectivity index (χ3n) is 3.54. The number of carbonyl (C=O) groups is 1. The monoisotopic (exact) mass is 248 g/mol. The van der Waals surface area contributed by atoms with Gasteiger partial charge in [-0.05, 0) is 43.0 Å². The smallest absolute Gasteiger partial charge is 0.190 e. The summed E-state index contributed by atoms with van der Waals surface area (Å²) < 4.78 is 5.49. The highest BCUT2D eigenvalue weighted by molar-refractivity contribution is 6.30. The van der Waals surface area contributed by atoms with E-state index < -0.39 is 5.60 Å². The molecule has 2 fully saturated rings. The average molecular weight is 249 g/mol. The summed E-state index contributed by atoms with van der Waals surface area (Å²) in [5.41, 5.74) is 0.525. The molecular formula is C14H13ClO2. The fourth-order valence-corrected chi connectivity index (χ4v) is 2.63. The van der Waals surface area contributed by atoms with E-state index in [9.17, 15) is 4.79 Å². The number of ether oxygens (including phenoxy) is 1. The molecule has 3 heteroatoms. The van der Waals surface area contributed by atoms with Crippen LogP contribution in [0, 0.1) is 0 Å². The van der Waals surface area contributed by atoms with Gasteiger partial charge in [-0.1, -0.05) is 29.8 Å². The molecule has 2 nitrogen and oxygen atoms in total. The van der Waals surface area contributed by atoms with E-state index >= 15 is 0 Å². The van der Waals surface area contributed by atoms with Gasteiger partial charge in [0, 0.05) is 5.02 Å². The van der Waals surface area contributed by atoms with Crippen molar-refractivity contribution in [2.45, 2.75) is 31.0 Å². The summed E-state index contributed by atoms with van der Waals surface area (Å²) in [4.78, 5) is 12.0. The molecule has 0 bridgehead atoms. The molecule has 0 unspecified atom stereocenters. The lowest BCUT2D eigenvalue weighted by Crippen LogP contribution is -2.21. The Morgan fingerprint density at radius 1 is 1.41 bits per heavy atom. The maximum absolute atomic E-state index is 12.0. The Bertz CT molecular complexity index is 478. The molecule has 1 aliphatic heterocycles. The van der Waals surface area contributed by atoms with Gasteiger partial charge in [-0.15, -0.1) is 0 Å². The van der Waals surface area contributed by atoms with Crippen molar-refractivity contribution in [2.75, 3.05) is 0 Å². The Balaban J connectivity index is 1.71. The van der Waals surface area contributed by atoms with Gasteiger partial charge in [-0.3, -0.25) is 4.79 Å². The third-order valence-corrected chi connectivity index (χ3v) is 3.80. The van der Waals surface area contributed by atoms with E-state index in [4.69, 9.17) is 16.3 Å². The Morgan fingerprint density at radius 3 is 2.76 bits per heavy atom. The van der Waals surface area contributed by atoms with Crippen LogP contribution in [0.1, 0.15) is 24.8 Å².